The summed E-state index contributed by atoms with van der Waals surface area (Å²) in [6, 6.07) is 0. The van der Waals surface area contributed by atoms with Crippen molar-refractivity contribution in [1.29, 1.82) is 0 Å². The van der Waals surface area contributed by atoms with Crippen LogP contribution in [0.3, 0.4) is 0 Å². The average molecular weight is 417 g/mol. The highest BCUT2D eigenvalue weighted by molar-refractivity contribution is 5.85. The van der Waals surface area contributed by atoms with Crippen molar-refractivity contribution in [3.05, 3.63) is 11.6 Å². The van der Waals surface area contributed by atoms with E-state index in [1.54, 1.807) is 6.08 Å². The number of fused-ring (bicyclic) bond motifs is 5. The number of esters is 2. The highest BCUT2D eigenvalue weighted by atomic mass is 16.5. The van der Waals surface area contributed by atoms with Crippen molar-refractivity contribution >= 4 is 11.9 Å². The molecule has 4 saturated carbocycles. The first-order valence-corrected chi connectivity index (χ1v) is 11.9. The van der Waals surface area contributed by atoms with E-state index in [4.69, 9.17) is 9.47 Å². The molecule has 1 aliphatic heterocycles. The lowest BCUT2D eigenvalue weighted by molar-refractivity contribution is -0.209. The number of ether oxygens (including phenoxy) is 2. The van der Waals surface area contributed by atoms with Crippen molar-refractivity contribution in [2.24, 2.45) is 34.5 Å². The van der Waals surface area contributed by atoms with Gasteiger partial charge in [0.05, 0.1) is 5.60 Å². The van der Waals surface area contributed by atoms with Gasteiger partial charge < -0.3 is 14.6 Å². The van der Waals surface area contributed by atoms with Crippen LogP contribution in [-0.4, -0.2) is 35.4 Å². The summed E-state index contributed by atoms with van der Waals surface area (Å²) >= 11 is 0. The summed E-state index contributed by atoms with van der Waals surface area (Å²) < 4.78 is 10.8. The van der Waals surface area contributed by atoms with Gasteiger partial charge in [-0.3, -0.25) is 4.79 Å². The quantitative estimate of drug-likeness (QED) is 0.684. The molecule has 5 rings (SSSR count). The van der Waals surface area contributed by atoms with Gasteiger partial charge in [0.2, 0.25) is 0 Å². The number of cyclic esters (lactones) is 1. The summed E-state index contributed by atoms with van der Waals surface area (Å²) in [5.41, 5.74) is 0.485. The minimum absolute atomic E-state index is 0.0665. The molecule has 0 aromatic carbocycles. The predicted molar refractivity (Wildman–Crippen MR) is 111 cm³/mol. The van der Waals surface area contributed by atoms with Crippen LogP contribution in [0.15, 0.2) is 11.6 Å². The topological polar surface area (TPSA) is 72.8 Å². The van der Waals surface area contributed by atoms with Crippen LogP contribution >= 0.6 is 0 Å². The average Bonchev–Trinajstić information content (AvgIpc) is 3.22. The van der Waals surface area contributed by atoms with Gasteiger partial charge in [-0.1, -0.05) is 13.8 Å². The van der Waals surface area contributed by atoms with Crippen LogP contribution in [0.2, 0.25) is 0 Å². The Hall–Kier alpha value is -1.36. The summed E-state index contributed by atoms with van der Waals surface area (Å²) in [5.74, 6) is 1.29. The Bertz CT molecular complexity index is 788. The number of carbonyl (C=O) groups excluding carboxylic acids is 2. The SMILES string of the molecule is CC(=O)OC1CCC2(C)C(CCC3C2CCC2(C)C(C4=CC(=O)OC4)CCC32O)C1. The molecule has 30 heavy (non-hydrogen) atoms. The smallest absolute Gasteiger partial charge is 0.331 e. The van der Waals surface area contributed by atoms with Gasteiger partial charge in [-0.05, 0) is 92.4 Å². The first kappa shape index (κ1) is 20.5. The maximum Gasteiger partial charge on any atom is 0.331 e. The number of rotatable bonds is 2. The van der Waals surface area contributed by atoms with Gasteiger partial charge in [-0.25, -0.2) is 4.79 Å². The molecule has 8 unspecified atom stereocenters. The molecule has 4 aliphatic carbocycles. The minimum atomic E-state index is -0.659. The van der Waals surface area contributed by atoms with Gasteiger partial charge in [-0.2, -0.15) is 0 Å². The number of hydrogen-bond acceptors (Lipinski definition) is 5. The molecule has 0 spiro atoms. The first-order chi connectivity index (χ1) is 14.2. The summed E-state index contributed by atoms with van der Waals surface area (Å²) in [6.45, 7) is 6.64. The lowest BCUT2D eigenvalue weighted by Gasteiger charge is -2.63. The van der Waals surface area contributed by atoms with Crippen LogP contribution in [0.5, 0.6) is 0 Å². The van der Waals surface area contributed by atoms with E-state index in [-0.39, 0.29) is 34.8 Å². The monoisotopic (exact) mass is 416 g/mol. The number of aliphatic hydroxyl groups is 1. The Morgan fingerprint density at radius 1 is 1.10 bits per heavy atom. The molecular weight excluding hydrogens is 380 g/mol. The third-order valence-corrected chi connectivity index (χ3v) is 10.3. The zero-order valence-corrected chi connectivity index (χ0v) is 18.6. The molecule has 5 heteroatoms. The molecule has 5 nitrogen and oxygen atoms in total. The highest BCUT2D eigenvalue weighted by Crippen LogP contribution is 2.69. The summed E-state index contributed by atoms with van der Waals surface area (Å²) in [7, 11) is 0. The van der Waals surface area contributed by atoms with Crippen molar-refractivity contribution in [2.45, 2.75) is 90.3 Å². The van der Waals surface area contributed by atoms with Gasteiger partial charge in [0, 0.05) is 18.4 Å². The van der Waals surface area contributed by atoms with E-state index in [0.29, 0.717) is 24.4 Å². The zero-order valence-electron chi connectivity index (χ0n) is 18.6. The summed E-state index contributed by atoms with van der Waals surface area (Å²) in [5, 5.41) is 12.2. The Balaban J connectivity index is 1.40. The molecular formula is C25H36O5. The third-order valence-electron chi connectivity index (χ3n) is 10.3. The van der Waals surface area contributed by atoms with E-state index in [1.165, 1.54) is 6.92 Å². The van der Waals surface area contributed by atoms with E-state index in [2.05, 4.69) is 13.8 Å². The lowest BCUT2D eigenvalue weighted by Crippen LogP contribution is -2.62. The highest BCUT2D eigenvalue weighted by Gasteiger charge is 2.67. The molecule has 5 aliphatic rings. The van der Waals surface area contributed by atoms with Crippen molar-refractivity contribution in [3.63, 3.8) is 0 Å². The van der Waals surface area contributed by atoms with Crippen LogP contribution in [0, 0.1) is 34.5 Å². The molecule has 0 bridgehead atoms. The van der Waals surface area contributed by atoms with Gasteiger partial charge in [0.1, 0.15) is 12.7 Å². The molecule has 0 radical (unpaired) electrons. The molecule has 0 amide bonds. The normalized spacial score (nSPS) is 50.1. The van der Waals surface area contributed by atoms with E-state index in [9.17, 15) is 14.7 Å². The standard InChI is InChI=1S/C25H36O5/c1-15(26)30-18-6-9-23(2)17(13-18)4-5-21-20(23)7-10-24(3)19(8-11-25(21,24)28)16-12-22(27)29-14-16/h12,17-21,28H,4-11,13-14H2,1-3H3. The Morgan fingerprint density at radius 3 is 2.60 bits per heavy atom. The maximum atomic E-state index is 12.2. The Kier molecular flexibility index (Phi) is 4.67. The minimum Gasteiger partial charge on any atom is -0.463 e. The fourth-order valence-corrected chi connectivity index (χ4v) is 8.71. The van der Waals surface area contributed by atoms with Crippen LogP contribution < -0.4 is 0 Å². The molecule has 166 valence electrons. The molecule has 0 aromatic rings. The molecule has 1 N–H and O–H groups in total. The van der Waals surface area contributed by atoms with Gasteiger partial charge in [0.15, 0.2) is 0 Å². The second kappa shape index (κ2) is 6.82. The van der Waals surface area contributed by atoms with Crippen molar-refractivity contribution in [1.82, 2.24) is 0 Å². The van der Waals surface area contributed by atoms with Crippen LogP contribution in [0.25, 0.3) is 0 Å². The Morgan fingerprint density at radius 2 is 1.90 bits per heavy atom. The molecule has 0 saturated heterocycles. The van der Waals surface area contributed by atoms with Crippen LogP contribution in [-0.2, 0) is 19.1 Å². The Labute approximate surface area is 179 Å². The third kappa shape index (κ3) is 2.76. The summed E-state index contributed by atoms with van der Waals surface area (Å²) in [4.78, 5) is 23.1. The lowest BCUT2D eigenvalue weighted by atomic mass is 9.43. The van der Waals surface area contributed by atoms with E-state index < -0.39 is 5.60 Å². The fraction of sp³-hybridized carbons (Fsp3) is 0.840. The molecule has 4 fully saturated rings. The molecule has 1 heterocycles. The largest absolute Gasteiger partial charge is 0.463 e. The maximum absolute atomic E-state index is 12.2. The fourth-order valence-electron chi connectivity index (χ4n) is 8.71. The van der Waals surface area contributed by atoms with E-state index >= 15 is 0 Å². The zero-order chi connectivity index (χ0) is 21.3. The molecule has 8 atom stereocenters. The van der Waals surface area contributed by atoms with Crippen LogP contribution in [0.1, 0.15) is 78.6 Å². The second-order valence-corrected chi connectivity index (χ2v) is 11.3. The van der Waals surface area contributed by atoms with Crippen molar-refractivity contribution in [2.75, 3.05) is 6.61 Å². The van der Waals surface area contributed by atoms with Crippen molar-refractivity contribution in [3.8, 4) is 0 Å². The second-order valence-electron chi connectivity index (χ2n) is 11.3. The number of carbonyl (C=O) groups is 2. The molecule has 0 aromatic heterocycles. The van der Waals surface area contributed by atoms with Crippen LogP contribution in [0.4, 0.5) is 0 Å². The van der Waals surface area contributed by atoms with E-state index in [0.717, 1.165) is 63.4 Å². The van der Waals surface area contributed by atoms with Gasteiger partial charge in [-0.15, -0.1) is 0 Å². The van der Waals surface area contributed by atoms with Gasteiger partial charge >= 0.3 is 11.9 Å². The van der Waals surface area contributed by atoms with E-state index in [1.807, 2.05) is 0 Å². The predicted octanol–water partition coefficient (Wildman–Crippen LogP) is 4.18. The number of hydrogen-bond donors (Lipinski definition) is 1. The first-order valence-electron chi connectivity index (χ1n) is 11.9. The van der Waals surface area contributed by atoms with Gasteiger partial charge in [0.25, 0.3) is 0 Å². The summed E-state index contributed by atoms with van der Waals surface area (Å²) in [6.07, 6.45) is 10.9. The van der Waals surface area contributed by atoms with Crippen molar-refractivity contribution < 1.29 is 24.2 Å².